The molecule has 0 saturated carbocycles. The van der Waals surface area contributed by atoms with Crippen molar-refractivity contribution < 1.29 is 8.42 Å². The molecule has 0 spiro atoms. The molecule has 2 rings (SSSR count). The highest BCUT2D eigenvalue weighted by molar-refractivity contribution is 9.10. The van der Waals surface area contributed by atoms with Crippen LogP contribution in [0.4, 0.5) is 17.1 Å². The average molecular weight is 356 g/mol. The van der Waals surface area contributed by atoms with Crippen LogP contribution in [0.15, 0.2) is 45.8 Å². The van der Waals surface area contributed by atoms with Gasteiger partial charge in [0.05, 0.1) is 16.3 Å². The van der Waals surface area contributed by atoms with Crippen LogP contribution in [0.25, 0.3) is 0 Å². The van der Waals surface area contributed by atoms with Crippen LogP contribution in [-0.2, 0) is 10.0 Å². The third kappa shape index (κ3) is 3.12. The third-order valence-corrected chi connectivity index (χ3v) is 4.66. The van der Waals surface area contributed by atoms with Gasteiger partial charge in [0.1, 0.15) is 0 Å². The SMILES string of the molecule is Cc1c(Br)cccc1Nc1cc(S(N)(=O)=O)ccc1N. The van der Waals surface area contributed by atoms with Gasteiger partial charge in [0, 0.05) is 10.2 Å². The Labute approximate surface area is 126 Å². The summed E-state index contributed by atoms with van der Waals surface area (Å²) in [6.45, 7) is 1.94. The molecule has 2 aromatic carbocycles. The van der Waals surface area contributed by atoms with Crippen molar-refractivity contribution in [1.29, 1.82) is 0 Å². The van der Waals surface area contributed by atoms with Gasteiger partial charge < -0.3 is 11.1 Å². The zero-order valence-electron chi connectivity index (χ0n) is 10.7. The van der Waals surface area contributed by atoms with Crippen LogP contribution in [0.5, 0.6) is 0 Å². The third-order valence-electron chi connectivity index (χ3n) is 2.89. The molecule has 7 heteroatoms. The number of halogens is 1. The highest BCUT2D eigenvalue weighted by atomic mass is 79.9. The zero-order chi connectivity index (χ0) is 14.9. The van der Waals surface area contributed by atoms with Gasteiger partial charge in [0.25, 0.3) is 0 Å². The van der Waals surface area contributed by atoms with Crippen molar-refractivity contribution in [3.05, 3.63) is 46.4 Å². The Balaban J connectivity index is 2.46. The van der Waals surface area contributed by atoms with E-state index in [4.69, 9.17) is 10.9 Å². The van der Waals surface area contributed by atoms with E-state index in [1.54, 1.807) is 0 Å². The molecule has 0 aromatic heterocycles. The molecule has 0 heterocycles. The maximum atomic E-state index is 11.4. The van der Waals surface area contributed by atoms with Crippen molar-refractivity contribution in [3.63, 3.8) is 0 Å². The number of rotatable bonds is 3. The molecule has 20 heavy (non-hydrogen) atoms. The minimum atomic E-state index is -3.76. The summed E-state index contributed by atoms with van der Waals surface area (Å²) in [4.78, 5) is 0.0156. The smallest absolute Gasteiger partial charge is 0.238 e. The molecule has 2 aromatic rings. The Morgan fingerprint density at radius 2 is 1.85 bits per heavy atom. The number of anilines is 3. The second-order valence-electron chi connectivity index (χ2n) is 4.33. The second kappa shape index (κ2) is 5.43. The van der Waals surface area contributed by atoms with E-state index in [9.17, 15) is 8.42 Å². The molecular weight excluding hydrogens is 342 g/mol. The van der Waals surface area contributed by atoms with Crippen LogP contribution in [0, 0.1) is 6.92 Å². The number of nitrogen functional groups attached to an aromatic ring is 1. The van der Waals surface area contributed by atoms with E-state index >= 15 is 0 Å². The Bertz CT molecular complexity index is 760. The van der Waals surface area contributed by atoms with Gasteiger partial charge in [-0.15, -0.1) is 0 Å². The van der Waals surface area contributed by atoms with Crippen LogP contribution in [0.1, 0.15) is 5.56 Å². The Hall–Kier alpha value is -1.57. The van der Waals surface area contributed by atoms with Gasteiger partial charge in [-0.1, -0.05) is 22.0 Å². The monoisotopic (exact) mass is 355 g/mol. The number of primary sulfonamides is 1. The van der Waals surface area contributed by atoms with Crippen molar-refractivity contribution in [3.8, 4) is 0 Å². The van der Waals surface area contributed by atoms with Crippen molar-refractivity contribution in [2.45, 2.75) is 11.8 Å². The highest BCUT2D eigenvalue weighted by Crippen LogP contribution is 2.30. The van der Waals surface area contributed by atoms with Crippen molar-refractivity contribution >= 4 is 43.0 Å². The van der Waals surface area contributed by atoms with E-state index in [1.807, 2.05) is 25.1 Å². The van der Waals surface area contributed by atoms with Gasteiger partial charge in [0.2, 0.25) is 10.0 Å². The minimum Gasteiger partial charge on any atom is -0.397 e. The quantitative estimate of drug-likeness (QED) is 0.737. The van der Waals surface area contributed by atoms with Crippen molar-refractivity contribution in [2.75, 3.05) is 11.1 Å². The first-order chi connectivity index (χ1) is 9.29. The highest BCUT2D eigenvalue weighted by Gasteiger charge is 2.11. The second-order valence-corrected chi connectivity index (χ2v) is 6.75. The molecule has 0 aliphatic rings. The molecular formula is C13H14BrN3O2S. The van der Waals surface area contributed by atoms with E-state index in [0.717, 1.165) is 15.7 Å². The molecule has 0 unspecified atom stereocenters. The molecule has 0 fully saturated rings. The van der Waals surface area contributed by atoms with Crippen LogP contribution in [0.2, 0.25) is 0 Å². The Kier molecular flexibility index (Phi) is 4.03. The van der Waals surface area contributed by atoms with Crippen molar-refractivity contribution in [1.82, 2.24) is 0 Å². The zero-order valence-corrected chi connectivity index (χ0v) is 13.1. The summed E-state index contributed by atoms with van der Waals surface area (Å²) in [6, 6.07) is 9.98. The fourth-order valence-electron chi connectivity index (χ4n) is 1.71. The molecule has 5 N–H and O–H groups in total. The van der Waals surface area contributed by atoms with E-state index in [-0.39, 0.29) is 4.90 Å². The van der Waals surface area contributed by atoms with E-state index in [0.29, 0.717) is 11.4 Å². The summed E-state index contributed by atoms with van der Waals surface area (Å²) in [5, 5.41) is 8.24. The first-order valence-corrected chi connectivity index (χ1v) is 8.07. The molecule has 0 atom stereocenters. The number of nitrogens with one attached hydrogen (secondary N) is 1. The standard InChI is InChI=1S/C13H14BrN3O2S/c1-8-10(14)3-2-4-12(8)17-13-7-9(20(16,18)19)5-6-11(13)15/h2-7,17H,15H2,1H3,(H2,16,18,19). The van der Waals surface area contributed by atoms with Gasteiger partial charge in [-0.05, 0) is 42.8 Å². The normalized spacial score (nSPS) is 11.3. The number of sulfonamides is 1. The Morgan fingerprint density at radius 1 is 1.15 bits per heavy atom. The summed E-state index contributed by atoms with van der Waals surface area (Å²) in [5.74, 6) is 0. The van der Waals surface area contributed by atoms with Gasteiger partial charge >= 0.3 is 0 Å². The predicted octanol–water partition coefficient (Wildman–Crippen LogP) is 2.73. The lowest BCUT2D eigenvalue weighted by atomic mass is 10.2. The minimum absolute atomic E-state index is 0.0156. The van der Waals surface area contributed by atoms with Crippen LogP contribution < -0.4 is 16.2 Å². The Morgan fingerprint density at radius 3 is 2.50 bits per heavy atom. The molecule has 0 radical (unpaired) electrons. The lowest BCUT2D eigenvalue weighted by Gasteiger charge is -2.13. The van der Waals surface area contributed by atoms with Gasteiger partial charge in [-0.25, -0.2) is 13.6 Å². The van der Waals surface area contributed by atoms with E-state index in [2.05, 4.69) is 21.2 Å². The molecule has 0 aliphatic carbocycles. The molecule has 0 bridgehead atoms. The lowest BCUT2D eigenvalue weighted by Crippen LogP contribution is -2.12. The molecule has 0 aliphatic heterocycles. The molecule has 0 saturated heterocycles. The summed E-state index contributed by atoms with van der Waals surface area (Å²) in [7, 11) is -3.76. The summed E-state index contributed by atoms with van der Waals surface area (Å²) >= 11 is 3.44. The number of nitrogens with two attached hydrogens (primary N) is 2. The fraction of sp³-hybridized carbons (Fsp3) is 0.0769. The van der Waals surface area contributed by atoms with E-state index in [1.165, 1.54) is 18.2 Å². The number of benzene rings is 2. The maximum absolute atomic E-state index is 11.4. The maximum Gasteiger partial charge on any atom is 0.238 e. The first kappa shape index (κ1) is 14.8. The van der Waals surface area contributed by atoms with Crippen LogP contribution >= 0.6 is 15.9 Å². The molecule has 106 valence electrons. The topological polar surface area (TPSA) is 98.2 Å². The van der Waals surface area contributed by atoms with E-state index < -0.39 is 10.0 Å². The fourth-order valence-corrected chi connectivity index (χ4v) is 2.61. The molecule has 0 amide bonds. The number of hydrogen-bond acceptors (Lipinski definition) is 4. The first-order valence-electron chi connectivity index (χ1n) is 5.73. The average Bonchev–Trinajstić information content (AvgIpc) is 2.36. The van der Waals surface area contributed by atoms with Crippen LogP contribution in [0.3, 0.4) is 0 Å². The molecule has 5 nitrogen and oxygen atoms in total. The van der Waals surface area contributed by atoms with Crippen molar-refractivity contribution in [2.24, 2.45) is 5.14 Å². The summed E-state index contributed by atoms with van der Waals surface area (Å²) < 4.78 is 23.7. The summed E-state index contributed by atoms with van der Waals surface area (Å²) in [6.07, 6.45) is 0. The number of hydrogen-bond donors (Lipinski definition) is 3. The van der Waals surface area contributed by atoms with Crippen LogP contribution in [-0.4, -0.2) is 8.42 Å². The van der Waals surface area contributed by atoms with Gasteiger partial charge in [-0.3, -0.25) is 0 Å². The predicted molar refractivity (Wildman–Crippen MR) is 84.4 cm³/mol. The van der Waals surface area contributed by atoms with Gasteiger partial charge in [0.15, 0.2) is 0 Å². The largest absolute Gasteiger partial charge is 0.397 e. The summed E-state index contributed by atoms with van der Waals surface area (Å²) in [5.41, 5.74) is 8.62. The lowest BCUT2D eigenvalue weighted by molar-refractivity contribution is 0.598. The van der Waals surface area contributed by atoms with Gasteiger partial charge in [-0.2, -0.15) is 0 Å².